The van der Waals surface area contributed by atoms with Gasteiger partial charge in [-0.15, -0.1) is 0 Å². The summed E-state index contributed by atoms with van der Waals surface area (Å²) in [6, 6.07) is 6.37. The molecule has 1 aromatic carbocycles. The fraction of sp³-hybridized carbons (Fsp3) is 0.435. The van der Waals surface area contributed by atoms with Crippen LogP contribution in [0.2, 0.25) is 5.02 Å². The van der Waals surface area contributed by atoms with Crippen molar-refractivity contribution in [1.82, 2.24) is 19.9 Å². The summed E-state index contributed by atoms with van der Waals surface area (Å²) in [7, 11) is 0. The largest absolute Gasteiger partial charge is 0.435 e. The van der Waals surface area contributed by atoms with E-state index < -0.39 is 17.7 Å². The lowest BCUT2D eigenvalue weighted by Gasteiger charge is -2.42. The zero-order valence-corrected chi connectivity index (χ0v) is 20.0. The van der Waals surface area contributed by atoms with E-state index >= 15 is 0 Å². The summed E-state index contributed by atoms with van der Waals surface area (Å²) >= 11 is 6.11. The van der Waals surface area contributed by atoms with Gasteiger partial charge < -0.3 is 19.8 Å². The lowest BCUT2D eigenvalue weighted by Crippen LogP contribution is -2.61. The Balaban J connectivity index is 1.47. The summed E-state index contributed by atoms with van der Waals surface area (Å²) in [6.07, 6.45) is -0.505. The zero-order chi connectivity index (χ0) is 24.2. The number of hydrogen-bond acceptors (Lipinski definition) is 8. The molecular weight excluding hydrogens is 460 g/mol. The van der Waals surface area contributed by atoms with Gasteiger partial charge in [-0.2, -0.15) is 15.0 Å². The van der Waals surface area contributed by atoms with E-state index in [4.69, 9.17) is 21.1 Å². The van der Waals surface area contributed by atoms with E-state index in [0.717, 1.165) is 5.39 Å². The SMILES string of the molecule is Cc1nc(N[C@@H](C)c2cc3cc(Cl)ccc3[nH]c2=O)nc(N2C(=O)OC3(COC3)C2C(C)C)n1. The van der Waals surface area contributed by atoms with Gasteiger partial charge in [-0.25, -0.2) is 9.69 Å². The monoisotopic (exact) mass is 484 g/mol. The lowest BCUT2D eigenvalue weighted by molar-refractivity contribution is -0.174. The van der Waals surface area contributed by atoms with E-state index in [1.54, 1.807) is 31.2 Å². The standard InChI is InChI=1S/C23H25ClN6O4/c1-11(2)18-23(9-33-10-23)34-22(32)30(18)21-27-13(4)26-20(29-21)25-12(3)16-8-14-7-15(24)5-6-17(14)28-19(16)31/h5-8,11-12,18H,9-10H2,1-4H3,(H,28,31)(H,25,26,27,29)/t12-,18?/m0/s1. The highest BCUT2D eigenvalue weighted by Gasteiger charge is 2.61. The van der Waals surface area contributed by atoms with Gasteiger partial charge in [-0.05, 0) is 44.0 Å². The minimum atomic E-state index is -0.688. The van der Waals surface area contributed by atoms with Crippen molar-refractivity contribution in [2.75, 3.05) is 23.4 Å². The number of nitrogens with zero attached hydrogens (tertiary/aromatic N) is 4. The van der Waals surface area contributed by atoms with Crippen molar-refractivity contribution in [3.8, 4) is 0 Å². The summed E-state index contributed by atoms with van der Waals surface area (Å²) in [6.45, 7) is 8.29. The summed E-state index contributed by atoms with van der Waals surface area (Å²) in [5.74, 6) is 0.973. The van der Waals surface area contributed by atoms with Crippen molar-refractivity contribution in [2.24, 2.45) is 5.92 Å². The number of aromatic amines is 1. The maximum atomic E-state index is 12.8. The molecule has 0 bridgehead atoms. The molecule has 2 N–H and O–H groups in total. The first-order valence-corrected chi connectivity index (χ1v) is 11.5. The first kappa shape index (κ1) is 22.5. The highest BCUT2D eigenvalue weighted by Crippen LogP contribution is 2.41. The molecule has 178 valence electrons. The molecule has 2 aliphatic heterocycles. The second kappa shape index (κ2) is 8.21. The minimum Gasteiger partial charge on any atom is -0.435 e. The summed E-state index contributed by atoms with van der Waals surface area (Å²) in [4.78, 5) is 43.2. The topological polar surface area (TPSA) is 122 Å². The Bertz CT molecular complexity index is 1340. The highest BCUT2D eigenvalue weighted by molar-refractivity contribution is 6.31. The summed E-state index contributed by atoms with van der Waals surface area (Å²) in [5.41, 5.74) is 0.285. The number of rotatable bonds is 5. The predicted octanol–water partition coefficient (Wildman–Crippen LogP) is 3.60. The van der Waals surface area contributed by atoms with Gasteiger partial charge in [0.2, 0.25) is 11.9 Å². The summed E-state index contributed by atoms with van der Waals surface area (Å²) in [5, 5.41) is 4.57. The fourth-order valence-corrected chi connectivity index (χ4v) is 4.88. The first-order valence-electron chi connectivity index (χ1n) is 11.1. The number of amides is 1. The predicted molar refractivity (Wildman–Crippen MR) is 127 cm³/mol. The van der Waals surface area contributed by atoms with Crippen LogP contribution in [0.1, 0.15) is 38.2 Å². The molecule has 4 heterocycles. The second-order valence-corrected chi connectivity index (χ2v) is 9.58. The van der Waals surface area contributed by atoms with Crippen LogP contribution in [0.25, 0.3) is 10.9 Å². The third-order valence-corrected chi connectivity index (χ3v) is 6.46. The molecule has 1 amide bonds. The average Bonchev–Trinajstić information content (AvgIpc) is 3.07. The van der Waals surface area contributed by atoms with Crippen LogP contribution in [0.15, 0.2) is 29.1 Å². The lowest BCUT2D eigenvalue weighted by atomic mass is 9.84. The molecule has 10 nitrogen and oxygen atoms in total. The quantitative estimate of drug-likeness (QED) is 0.563. The number of pyridine rings is 1. The third-order valence-electron chi connectivity index (χ3n) is 6.23. The number of benzene rings is 1. The van der Waals surface area contributed by atoms with Crippen molar-refractivity contribution in [3.05, 3.63) is 51.0 Å². The number of fused-ring (bicyclic) bond motifs is 1. The molecule has 34 heavy (non-hydrogen) atoms. The second-order valence-electron chi connectivity index (χ2n) is 9.14. The van der Waals surface area contributed by atoms with Crippen LogP contribution >= 0.6 is 11.6 Å². The van der Waals surface area contributed by atoms with Crippen LogP contribution in [0.5, 0.6) is 0 Å². The first-order chi connectivity index (χ1) is 16.2. The number of aromatic nitrogens is 4. The maximum absolute atomic E-state index is 12.8. The maximum Gasteiger partial charge on any atom is 0.417 e. The van der Waals surface area contributed by atoms with Gasteiger partial charge >= 0.3 is 6.09 Å². The molecule has 2 fully saturated rings. The van der Waals surface area contributed by atoms with Crippen molar-refractivity contribution in [1.29, 1.82) is 0 Å². The molecule has 2 aromatic heterocycles. The number of hydrogen-bond donors (Lipinski definition) is 2. The molecule has 3 aromatic rings. The van der Waals surface area contributed by atoms with Crippen molar-refractivity contribution in [2.45, 2.75) is 45.4 Å². The van der Waals surface area contributed by atoms with Crippen LogP contribution in [-0.4, -0.2) is 50.9 Å². The molecule has 1 spiro atoms. The van der Waals surface area contributed by atoms with E-state index in [1.165, 1.54) is 4.90 Å². The van der Waals surface area contributed by atoms with Gasteiger partial charge in [-0.3, -0.25) is 4.79 Å². The van der Waals surface area contributed by atoms with Crippen LogP contribution in [-0.2, 0) is 9.47 Å². The number of aryl methyl sites for hydroxylation is 1. The van der Waals surface area contributed by atoms with Gasteiger partial charge in [0.15, 0.2) is 5.60 Å². The van der Waals surface area contributed by atoms with E-state index in [9.17, 15) is 9.59 Å². The number of carbonyl (C=O) groups excluding carboxylic acids is 1. The van der Waals surface area contributed by atoms with Gasteiger partial charge in [-0.1, -0.05) is 25.4 Å². The number of anilines is 2. The molecule has 1 unspecified atom stereocenters. The Morgan fingerprint density at radius 2 is 1.94 bits per heavy atom. The molecule has 5 rings (SSSR count). The van der Waals surface area contributed by atoms with E-state index in [0.29, 0.717) is 35.1 Å². The Morgan fingerprint density at radius 1 is 1.18 bits per heavy atom. The van der Waals surface area contributed by atoms with Gasteiger partial charge in [0.25, 0.3) is 5.56 Å². The molecule has 0 aliphatic carbocycles. The summed E-state index contributed by atoms with van der Waals surface area (Å²) < 4.78 is 11.1. The Labute approximate surface area is 200 Å². The van der Waals surface area contributed by atoms with Crippen LogP contribution < -0.4 is 15.8 Å². The van der Waals surface area contributed by atoms with Crippen molar-refractivity contribution < 1.29 is 14.3 Å². The highest BCUT2D eigenvalue weighted by atomic mass is 35.5. The molecular formula is C23H25ClN6O4. The van der Waals surface area contributed by atoms with E-state index in [2.05, 4.69) is 25.3 Å². The fourth-order valence-electron chi connectivity index (χ4n) is 4.70. The van der Waals surface area contributed by atoms with Crippen LogP contribution in [0.4, 0.5) is 16.7 Å². The smallest absolute Gasteiger partial charge is 0.417 e. The van der Waals surface area contributed by atoms with Crippen molar-refractivity contribution >= 4 is 40.5 Å². The molecule has 0 radical (unpaired) electrons. The Kier molecular flexibility index (Phi) is 5.44. The molecule has 2 saturated heterocycles. The van der Waals surface area contributed by atoms with Gasteiger partial charge in [0.1, 0.15) is 5.82 Å². The normalized spacial score (nSPS) is 20.0. The Hall–Kier alpha value is -3.24. The number of ether oxygens (including phenoxy) is 2. The Morgan fingerprint density at radius 3 is 2.62 bits per heavy atom. The average molecular weight is 485 g/mol. The molecule has 11 heteroatoms. The third kappa shape index (κ3) is 3.76. The van der Waals surface area contributed by atoms with Crippen LogP contribution in [0.3, 0.4) is 0 Å². The van der Waals surface area contributed by atoms with Gasteiger partial charge in [0.05, 0.1) is 25.3 Å². The zero-order valence-electron chi connectivity index (χ0n) is 19.3. The molecule has 2 atom stereocenters. The number of nitrogens with one attached hydrogen (secondary N) is 2. The number of H-pyrrole nitrogens is 1. The van der Waals surface area contributed by atoms with Crippen molar-refractivity contribution in [3.63, 3.8) is 0 Å². The van der Waals surface area contributed by atoms with E-state index in [-0.39, 0.29) is 29.4 Å². The van der Waals surface area contributed by atoms with Crippen LogP contribution in [0, 0.1) is 12.8 Å². The molecule has 2 aliphatic rings. The number of halogens is 1. The van der Waals surface area contributed by atoms with Gasteiger partial charge in [0, 0.05) is 21.5 Å². The molecule has 0 saturated carbocycles. The minimum absolute atomic E-state index is 0.0886. The van der Waals surface area contributed by atoms with E-state index in [1.807, 2.05) is 20.8 Å². The number of carbonyl (C=O) groups is 1.